The molecule has 4 rings (SSSR count). The number of amides is 3. The number of anilines is 1. The lowest BCUT2D eigenvalue weighted by Gasteiger charge is -2.37. The first kappa shape index (κ1) is 25.8. The first-order chi connectivity index (χ1) is 17.4. The summed E-state index contributed by atoms with van der Waals surface area (Å²) >= 11 is 1.73. The lowest BCUT2D eigenvalue weighted by Crippen LogP contribution is -2.48. The molecule has 1 aromatic heterocycles. The van der Waals surface area contributed by atoms with Crippen molar-refractivity contribution in [3.05, 3.63) is 81.0 Å². The number of nitrogens with one attached hydrogen (secondary N) is 1. The third-order valence-corrected chi connectivity index (χ3v) is 7.55. The third kappa shape index (κ3) is 6.08. The van der Waals surface area contributed by atoms with E-state index < -0.39 is 0 Å². The van der Waals surface area contributed by atoms with Crippen molar-refractivity contribution in [3.8, 4) is 5.75 Å². The van der Waals surface area contributed by atoms with Gasteiger partial charge in [-0.2, -0.15) is 0 Å². The molecule has 2 aromatic carbocycles. The summed E-state index contributed by atoms with van der Waals surface area (Å²) in [5, 5.41) is 5.02. The van der Waals surface area contributed by atoms with Gasteiger partial charge in [0.2, 0.25) is 5.91 Å². The van der Waals surface area contributed by atoms with Crippen LogP contribution in [0, 0.1) is 20.8 Å². The zero-order valence-electron chi connectivity index (χ0n) is 21.5. The smallest absolute Gasteiger partial charge is 0.322 e. The molecule has 1 aliphatic rings. The van der Waals surface area contributed by atoms with Crippen LogP contribution in [0.25, 0.3) is 0 Å². The van der Waals surface area contributed by atoms with Crippen LogP contribution in [0.5, 0.6) is 5.75 Å². The number of rotatable bonds is 8. The maximum atomic E-state index is 13.6. The van der Waals surface area contributed by atoms with E-state index in [2.05, 4.69) is 29.8 Å². The lowest BCUT2D eigenvalue weighted by atomic mass is 10.00. The van der Waals surface area contributed by atoms with Gasteiger partial charge in [-0.25, -0.2) is 4.79 Å². The Hall–Kier alpha value is -3.32. The fourth-order valence-corrected chi connectivity index (χ4v) is 5.55. The van der Waals surface area contributed by atoms with E-state index in [0.29, 0.717) is 19.7 Å². The van der Waals surface area contributed by atoms with E-state index >= 15 is 0 Å². The van der Waals surface area contributed by atoms with Gasteiger partial charge in [0.15, 0.2) is 0 Å². The Kier molecular flexibility index (Phi) is 8.31. The standard InChI is InChI=1S/C29H35N3O3S/c1-5-14-31(29(34)30-23-9-6-20(2)7-10-23)18-28(33)32-15-12-27-24(13-16-36-27)25(32)19-35-26-11-8-21(3)17-22(26)4/h6-11,13,16-17,25H,5,12,14-15,18-19H2,1-4H3,(H,30,34)/t25-/m1/s1. The summed E-state index contributed by atoms with van der Waals surface area (Å²) in [7, 11) is 0. The molecule has 0 saturated carbocycles. The van der Waals surface area contributed by atoms with E-state index in [-0.39, 0.29) is 24.5 Å². The van der Waals surface area contributed by atoms with Crippen LogP contribution in [0.15, 0.2) is 53.9 Å². The summed E-state index contributed by atoms with van der Waals surface area (Å²) in [4.78, 5) is 31.4. The predicted molar refractivity (Wildman–Crippen MR) is 146 cm³/mol. The number of benzene rings is 2. The number of urea groups is 1. The highest BCUT2D eigenvalue weighted by Gasteiger charge is 2.33. The van der Waals surface area contributed by atoms with Crippen molar-refractivity contribution >= 4 is 29.0 Å². The van der Waals surface area contributed by atoms with Gasteiger partial charge < -0.3 is 19.9 Å². The molecule has 190 valence electrons. The van der Waals surface area contributed by atoms with Crippen molar-refractivity contribution < 1.29 is 14.3 Å². The van der Waals surface area contributed by atoms with Crippen LogP contribution in [-0.2, 0) is 11.2 Å². The molecule has 2 heterocycles. The second kappa shape index (κ2) is 11.6. The van der Waals surface area contributed by atoms with Crippen LogP contribution >= 0.6 is 11.3 Å². The Balaban J connectivity index is 1.48. The molecule has 3 aromatic rings. The monoisotopic (exact) mass is 505 g/mol. The van der Waals surface area contributed by atoms with Gasteiger partial charge in [-0.1, -0.05) is 42.3 Å². The minimum atomic E-state index is -0.259. The first-order valence-electron chi connectivity index (χ1n) is 12.5. The summed E-state index contributed by atoms with van der Waals surface area (Å²) in [6.07, 6.45) is 1.59. The molecule has 0 aliphatic carbocycles. The summed E-state index contributed by atoms with van der Waals surface area (Å²) in [6, 6.07) is 15.5. The van der Waals surface area contributed by atoms with E-state index in [1.54, 1.807) is 16.2 Å². The van der Waals surface area contributed by atoms with Gasteiger partial charge in [-0.05, 0) is 74.4 Å². The fraction of sp³-hybridized carbons (Fsp3) is 0.379. The SMILES string of the molecule is CCCN(CC(=O)N1CCc2sccc2[C@H]1COc1ccc(C)cc1C)C(=O)Nc1ccc(C)cc1. The third-order valence-electron chi connectivity index (χ3n) is 6.55. The minimum absolute atomic E-state index is 0.0328. The van der Waals surface area contributed by atoms with Gasteiger partial charge in [0.05, 0.1) is 6.04 Å². The Morgan fingerprint density at radius 3 is 2.56 bits per heavy atom. The molecule has 0 saturated heterocycles. The Labute approximate surface area is 217 Å². The van der Waals surface area contributed by atoms with Gasteiger partial charge in [0.1, 0.15) is 18.9 Å². The fourth-order valence-electron chi connectivity index (χ4n) is 4.62. The van der Waals surface area contributed by atoms with Crippen molar-refractivity contribution in [1.82, 2.24) is 9.80 Å². The second-order valence-corrected chi connectivity index (χ2v) is 10.5. The Morgan fingerprint density at radius 2 is 1.83 bits per heavy atom. The van der Waals surface area contributed by atoms with Gasteiger partial charge in [-0.15, -0.1) is 11.3 Å². The summed E-state index contributed by atoms with van der Waals surface area (Å²) in [6.45, 7) is 9.65. The zero-order valence-corrected chi connectivity index (χ0v) is 22.4. The number of nitrogens with zero attached hydrogens (tertiary/aromatic N) is 2. The summed E-state index contributed by atoms with van der Waals surface area (Å²) < 4.78 is 6.24. The molecular formula is C29H35N3O3S. The molecule has 0 radical (unpaired) electrons. The molecular weight excluding hydrogens is 470 g/mol. The van der Waals surface area contributed by atoms with E-state index in [4.69, 9.17) is 4.74 Å². The van der Waals surface area contributed by atoms with Crippen LogP contribution in [0.1, 0.15) is 46.5 Å². The predicted octanol–water partition coefficient (Wildman–Crippen LogP) is 6.12. The highest BCUT2D eigenvalue weighted by atomic mass is 32.1. The van der Waals surface area contributed by atoms with Crippen LogP contribution < -0.4 is 10.1 Å². The largest absolute Gasteiger partial charge is 0.491 e. The normalized spacial score (nSPS) is 14.8. The van der Waals surface area contributed by atoms with Crippen LogP contribution in [0.2, 0.25) is 0 Å². The Morgan fingerprint density at radius 1 is 1.08 bits per heavy atom. The number of hydrogen-bond acceptors (Lipinski definition) is 4. The number of fused-ring (bicyclic) bond motifs is 1. The van der Waals surface area contributed by atoms with Gasteiger partial charge in [0, 0.05) is 23.7 Å². The molecule has 0 fully saturated rings. The van der Waals surface area contributed by atoms with Crippen molar-refractivity contribution in [2.45, 2.75) is 46.6 Å². The van der Waals surface area contributed by atoms with Crippen molar-refractivity contribution in [1.29, 1.82) is 0 Å². The summed E-state index contributed by atoms with van der Waals surface area (Å²) in [5.74, 6) is 0.772. The topological polar surface area (TPSA) is 61.9 Å². The van der Waals surface area contributed by atoms with Gasteiger partial charge >= 0.3 is 6.03 Å². The van der Waals surface area contributed by atoms with Gasteiger partial charge in [0.25, 0.3) is 0 Å². The second-order valence-electron chi connectivity index (χ2n) is 9.45. The van der Waals surface area contributed by atoms with E-state index in [1.165, 1.54) is 10.4 Å². The highest BCUT2D eigenvalue weighted by Crippen LogP contribution is 2.34. The molecule has 1 aliphatic heterocycles. The average Bonchev–Trinajstić information content (AvgIpc) is 3.33. The number of thiophene rings is 1. The highest BCUT2D eigenvalue weighted by molar-refractivity contribution is 7.10. The molecule has 7 heteroatoms. The van der Waals surface area contributed by atoms with E-state index in [9.17, 15) is 9.59 Å². The number of hydrogen-bond donors (Lipinski definition) is 1. The minimum Gasteiger partial charge on any atom is -0.491 e. The molecule has 3 amide bonds. The number of carbonyl (C=O) groups is 2. The molecule has 0 spiro atoms. The van der Waals surface area contributed by atoms with Crippen LogP contribution in [0.3, 0.4) is 0 Å². The van der Waals surface area contributed by atoms with E-state index in [0.717, 1.165) is 41.0 Å². The number of ether oxygens (including phenoxy) is 1. The quantitative estimate of drug-likeness (QED) is 0.401. The first-order valence-corrected chi connectivity index (χ1v) is 13.4. The molecule has 0 unspecified atom stereocenters. The Bertz CT molecular complexity index is 1200. The number of carbonyl (C=O) groups excluding carboxylic acids is 2. The van der Waals surface area contributed by atoms with Gasteiger partial charge in [-0.3, -0.25) is 4.79 Å². The van der Waals surface area contributed by atoms with Crippen LogP contribution in [-0.4, -0.2) is 48.0 Å². The summed E-state index contributed by atoms with van der Waals surface area (Å²) in [5.41, 5.74) is 5.27. The molecule has 1 atom stereocenters. The average molecular weight is 506 g/mol. The van der Waals surface area contributed by atoms with Crippen molar-refractivity contribution in [2.75, 3.05) is 31.6 Å². The zero-order chi connectivity index (χ0) is 25.7. The maximum Gasteiger partial charge on any atom is 0.322 e. The van der Waals surface area contributed by atoms with Crippen molar-refractivity contribution in [3.63, 3.8) is 0 Å². The maximum absolute atomic E-state index is 13.6. The number of aryl methyl sites for hydroxylation is 3. The van der Waals surface area contributed by atoms with Crippen molar-refractivity contribution in [2.24, 2.45) is 0 Å². The van der Waals surface area contributed by atoms with E-state index in [1.807, 2.05) is 62.1 Å². The molecule has 1 N–H and O–H groups in total. The molecule has 36 heavy (non-hydrogen) atoms. The van der Waals surface area contributed by atoms with Crippen LogP contribution in [0.4, 0.5) is 10.5 Å². The lowest BCUT2D eigenvalue weighted by molar-refractivity contribution is -0.135. The molecule has 6 nitrogen and oxygen atoms in total. The molecule has 0 bridgehead atoms.